The van der Waals surface area contributed by atoms with E-state index in [9.17, 15) is 9.59 Å². The lowest BCUT2D eigenvalue weighted by molar-refractivity contribution is -0.157. The molecule has 0 N–H and O–H groups in total. The Balaban J connectivity index is 3.29. The van der Waals surface area contributed by atoms with E-state index in [0.29, 0.717) is 17.7 Å². The number of ketones is 1. The Morgan fingerprint density at radius 2 is 1.75 bits per heavy atom. The van der Waals surface area contributed by atoms with Crippen molar-refractivity contribution < 1.29 is 19.1 Å². The number of methoxy groups -OCH3 is 1. The molecular formula is C16H22O4. The molecule has 0 bridgehead atoms. The summed E-state index contributed by atoms with van der Waals surface area (Å²) in [7, 11) is 1.57. The van der Waals surface area contributed by atoms with Gasteiger partial charge in [0.25, 0.3) is 0 Å². The van der Waals surface area contributed by atoms with E-state index in [1.54, 1.807) is 45.2 Å². The molecule has 0 aromatic heterocycles. The highest BCUT2D eigenvalue weighted by molar-refractivity contribution is 6.08. The number of Topliss-reactive ketones (excluding diaryl/α,β-unsaturated/α-hetero) is 1. The van der Waals surface area contributed by atoms with Crippen molar-refractivity contribution in [1.29, 1.82) is 0 Å². The maximum atomic E-state index is 12.4. The molecule has 0 aliphatic carbocycles. The molecule has 0 radical (unpaired) electrons. The van der Waals surface area contributed by atoms with Gasteiger partial charge in [0, 0.05) is 0 Å². The molecule has 20 heavy (non-hydrogen) atoms. The molecular weight excluding hydrogens is 256 g/mol. The van der Waals surface area contributed by atoms with E-state index >= 15 is 0 Å². The van der Waals surface area contributed by atoms with Gasteiger partial charge in [-0.3, -0.25) is 9.59 Å². The first-order valence-electron chi connectivity index (χ1n) is 6.75. The van der Waals surface area contributed by atoms with Crippen molar-refractivity contribution in [3.05, 3.63) is 29.8 Å². The van der Waals surface area contributed by atoms with Crippen LogP contribution in [-0.2, 0) is 19.7 Å². The first-order chi connectivity index (χ1) is 9.38. The van der Waals surface area contributed by atoms with Crippen LogP contribution >= 0.6 is 0 Å². The molecule has 0 spiro atoms. The Labute approximate surface area is 120 Å². The summed E-state index contributed by atoms with van der Waals surface area (Å²) in [4.78, 5) is 24.6. The molecule has 0 saturated heterocycles. The van der Waals surface area contributed by atoms with Gasteiger partial charge in [0.1, 0.15) is 5.75 Å². The summed E-state index contributed by atoms with van der Waals surface area (Å²) in [6.07, 6.45) is 0.103. The summed E-state index contributed by atoms with van der Waals surface area (Å²) in [5, 5.41) is 0. The van der Waals surface area contributed by atoms with Crippen LogP contribution in [0.25, 0.3) is 0 Å². The van der Waals surface area contributed by atoms with Crippen LogP contribution < -0.4 is 4.74 Å². The maximum absolute atomic E-state index is 12.4. The molecule has 1 aromatic rings. The minimum atomic E-state index is -1.24. The van der Waals surface area contributed by atoms with Gasteiger partial charge in [0.2, 0.25) is 0 Å². The monoisotopic (exact) mass is 278 g/mol. The van der Waals surface area contributed by atoms with E-state index in [1.165, 1.54) is 6.92 Å². The molecule has 0 aliphatic heterocycles. The van der Waals surface area contributed by atoms with Crippen LogP contribution in [0.3, 0.4) is 0 Å². The maximum Gasteiger partial charge on any atom is 0.324 e. The van der Waals surface area contributed by atoms with Crippen molar-refractivity contribution in [1.82, 2.24) is 0 Å². The van der Waals surface area contributed by atoms with Gasteiger partial charge >= 0.3 is 5.97 Å². The van der Waals surface area contributed by atoms with Crippen LogP contribution in [0, 0.1) is 0 Å². The predicted molar refractivity (Wildman–Crippen MR) is 76.9 cm³/mol. The molecule has 0 aliphatic rings. The van der Waals surface area contributed by atoms with E-state index < -0.39 is 11.4 Å². The second-order valence-corrected chi connectivity index (χ2v) is 5.00. The molecule has 1 aromatic carbocycles. The zero-order chi connectivity index (χ0) is 15.3. The van der Waals surface area contributed by atoms with Crippen LogP contribution in [0.5, 0.6) is 5.75 Å². The Kier molecular flexibility index (Phi) is 5.31. The zero-order valence-corrected chi connectivity index (χ0v) is 12.7. The van der Waals surface area contributed by atoms with Crippen LogP contribution in [0.2, 0.25) is 0 Å². The smallest absolute Gasteiger partial charge is 0.324 e. The van der Waals surface area contributed by atoms with Crippen LogP contribution in [0.4, 0.5) is 0 Å². The summed E-state index contributed by atoms with van der Waals surface area (Å²) < 4.78 is 10.4. The first kappa shape index (κ1) is 16.2. The highest BCUT2D eigenvalue weighted by atomic mass is 16.5. The van der Waals surface area contributed by atoms with Gasteiger partial charge in [-0.1, -0.05) is 19.1 Å². The highest BCUT2D eigenvalue weighted by Gasteiger charge is 2.45. The fourth-order valence-electron chi connectivity index (χ4n) is 2.25. The van der Waals surface area contributed by atoms with Gasteiger partial charge in [-0.25, -0.2) is 0 Å². The normalized spacial score (nSPS) is 13.7. The van der Waals surface area contributed by atoms with Crippen molar-refractivity contribution in [2.75, 3.05) is 7.11 Å². The summed E-state index contributed by atoms with van der Waals surface area (Å²) in [6.45, 7) is 6.78. The summed E-state index contributed by atoms with van der Waals surface area (Å²) >= 11 is 0. The van der Waals surface area contributed by atoms with E-state index in [-0.39, 0.29) is 11.9 Å². The number of esters is 1. The number of benzene rings is 1. The van der Waals surface area contributed by atoms with Crippen LogP contribution in [-0.4, -0.2) is 25.0 Å². The van der Waals surface area contributed by atoms with Gasteiger partial charge in [0.15, 0.2) is 11.2 Å². The Hall–Kier alpha value is -1.84. The van der Waals surface area contributed by atoms with Crippen molar-refractivity contribution >= 4 is 11.8 Å². The van der Waals surface area contributed by atoms with E-state index in [4.69, 9.17) is 9.47 Å². The average molecular weight is 278 g/mol. The molecule has 0 saturated carbocycles. The standard InChI is InChI=1S/C16H22O4/c1-6-16(12(4)17,15(18)20-11(2)3)13-7-9-14(19-5)10-8-13/h7-11H,6H2,1-5H3/t16-/m0/s1. The first-order valence-corrected chi connectivity index (χ1v) is 6.75. The van der Waals surface area contributed by atoms with Gasteiger partial charge in [-0.05, 0) is 44.9 Å². The lowest BCUT2D eigenvalue weighted by atomic mass is 9.75. The number of rotatable bonds is 6. The third-order valence-electron chi connectivity index (χ3n) is 3.41. The molecule has 1 atom stereocenters. The Bertz CT molecular complexity index is 476. The molecule has 4 heteroatoms. The Morgan fingerprint density at radius 1 is 1.20 bits per heavy atom. The molecule has 0 fully saturated rings. The van der Waals surface area contributed by atoms with Gasteiger partial charge < -0.3 is 9.47 Å². The third kappa shape index (κ3) is 3.00. The number of ether oxygens (including phenoxy) is 2. The van der Waals surface area contributed by atoms with E-state index in [0.717, 1.165) is 0 Å². The van der Waals surface area contributed by atoms with Crippen LogP contribution in [0.1, 0.15) is 39.7 Å². The van der Waals surface area contributed by atoms with E-state index in [2.05, 4.69) is 0 Å². The quantitative estimate of drug-likeness (QED) is 0.593. The fourth-order valence-corrected chi connectivity index (χ4v) is 2.25. The lowest BCUT2D eigenvalue weighted by Gasteiger charge is -2.29. The minimum Gasteiger partial charge on any atom is -0.497 e. The van der Waals surface area contributed by atoms with Crippen molar-refractivity contribution in [2.24, 2.45) is 0 Å². The van der Waals surface area contributed by atoms with Crippen LogP contribution in [0.15, 0.2) is 24.3 Å². The summed E-state index contributed by atoms with van der Waals surface area (Å²) in [5.74, 6) is -0.0250. The predicted octanol–water partition coefficient (Wildman–Crippen LogP) is 2.88. The lowest BCUT2D eigenvalue weighted by Crippen LogP contribution is -2.44. The number of carbonyl (C=O) groups is 2. The molecule has 0 amide bonds. The zero-order valence-electron chi connectivity index (χ0n) is 12.7. The molecule has 1 rings (SSSR count). The van der Waals surface area contributed by atoms with Gasteiger partial charge in [-0.15, -0.1) is 0 Å². The number of hydrogen-bond acceptors (Lipinski definition) is 4. The van der Waals surface area contributed by atoms with Crippen molar-refractivity contribution in [2.45, 2.75) is 45.6 Å². The van der Waals surface area contributed by atoms with Crippen molar-refractivity contribution in [3.8, 4) is 5.75 Å². The summed E-state index contributed by atoms with van der Waals surface area (Å²) in [6, 6.07) is 6.97. The van der Waals surface area contributed by atoms with Gasteiger partial charge in [0.05, 0.1) is 13.2 Å². The molecule has 4 nitrogen and oxygen atoms in total. The largest absolute Gasteiger partial charge is 0.497 e. The topological polar surface area (TPSA) is 52.6 Å². The second-order valence-electron chi connectivity index (χ2n) is 5.00. The number of hydrogen-bond donors (Lipinski definition) is 0. The third-order valence-corrected chi connectivity index (χ3v) is 3.41. The fraction of sp³-hybridized carbons (Fsp3) is 0.500. The molecule has 0 heterocycles. The molecule has 0 unspecified atom stereocenters. The average Bonchev–Trinajstić information content (AvgIpc) is 2.39. The Morgan fingerprint density at radius 3 is 2.10 bits per heavy atom. The number of carbonyl (C=O) groups excluding carboxylic acids is 2. The SMILES string of the molecule is CC[C@@](C(C)=O)(C(=O)OC(C)C)c1ccc(OC)cc1. The van der Waals surface area contributed by atoms with Crippen molar-refractivity contribution in [3.63, 3.8) is 0 Å². The second kappa shape index (κ2) is 6.55. The summed E-state index contributed by atoms with van der Waals surface area (Å²) in [5.41, 5.74) is -0.602. The molecule has 110 valence electrons. The highest BCUT2D eigenvalue weighted by Crippen LogP contribution is 2.32. The van der Waals surface area contributed by atoms with E-state index in [1.807, 2.05) is 6.92 Å². The van der Waals surface area contributed by atoms with Gasteiger partial charge in [-0.2, -0.15) is 0 Å². The minimum absolute atomic E-state index is 0.212.